The van der Waals surface area contributed by atoms with E-state index in [0.29, 0.717) is 12.3 Å². The average Bonchev–Trinajstić information content (AvgIpc) is 2.42. The number of carbonyl (C=O) groups excluding carboxylic acids is 1. The molecule has 0 aliphatic carbocycles. The fourth-order valence-electron chi connectivity index (χ4n) is 2.00. The summed E-state index contributed by atoms with van der Waals surface area (Å²) in [7, 11) is 0. The van der Waals surface area contributed by atoms with Gasteiger partial charge >= 0.3 is 0 Å². The molecule has 2 rings (SSSR count). The van der Waals surface area contributed by atoms with Crippen molar-refractivity contribution in [3.63, 3.8) is 0 Å². The Labute approximate surface area is 84.3 Å². The lowest BCUT2D eigenvalue weighted by Crippen LogP contribution is -2.05. The monoisotopic (exact) mass is 189 g/mol. The van der Waals surface area contributed by atoms with E-state index in [9.17, 15) is 4.79 Å². The van der Waals surface area contributed by atoms with Crippen molar-refractivity contribution < 1.29 is 4.79 Å². The number of rotatable bonds is 1. The van der Waals surface area contributed by atoms with E-state index in [0.717, 1.165) is 11.3 Å². The zero-order chi connectivity index (χ0) is 10.3. The molecular formula is C12H15NO. The minimum atomic E-state index is 0.118. The number of hydrogen-bond acceptors (Lipinski definition) is 1. The summed E-state index contributed by atoms with van der Waals surface area (Å²) >= 11 is 0. The van der Waals surface area contributed by atoms with Crippen LogP contribution in [0.2, 0.25) is 0 Å². The maximum Gasteiger partial charge on any atom is 0.228 e. The number of benzene rings is 1. The molecule has 1 heterocycles. The molecule has 0 fully saturated rings. The van der Waals surface area contributed by atoms with Crippen molar-refractivity contribution in [2.75, 3.05) is 5.32 Å². The Morgan fingerprint density at radius 2 is 2.07 bits per heavy atom. The summed E-state index contributed by atoms with van der Waals surface area (Å²) in [6.07, 6.45) is 0.538. The molecule has 2 heteroatoms. The van der Waals surface area contributed by atoms with Crippen molar-refractivity contribution in [3.8, 4) is 0 Å². The van der Waals surface area contributed by atoms with Crippen LogP contribution in [0.3, 0.4) is 0 Å². The third-order valence-corrected chi connectivity index (χ3v) is 2.63. The Kier molecular flexibility index (Phi) is 2.06. The number of carbonyl (C=O) groups is 1. The van der Waals surface area contributed by atoms with Crippen LogP contribution in [0.25, 0.3) is 0 Å². The number of anilines is 1. The van der Waals surface area contributed by atoms with Crippen molar-refractivity contribution in [2.24, 2.45) is 0 Å². The minimum Gasteiger partial charge on any atom is -0.325 e. The summed E-state index contributed by atoms with van der Waals surface area (Å²) in [6, 6.07) is 4.26. The van der Waals surface area contributed by atoms with Gasteiger partial charge in [-0.05, 0) is 24.0 Å². The summed E-state index contributed by atoms with van der Waals surface area (Å²) in [6.45, 7) is 6.38. The first-order valence-corrected chi connectivity index (χ1v) is 5.01. The van der Waals surface area contributed by atoms with Gasteiger partial charge in [-0.2, -0.15) is 0 Å². The van der Waals surface area contributed by atoms with Gasteiger partial charge in [-0.1, -0.05) is 31.5 Å². The molecule has 0 aromatic heterocycles. The van der Waals surface area contributed by atoms with E-state index in [-0.39, 0.29) is 5.91 Å². The number of fused-ring (bicyclic) bond motifs is 1. The first-order chi connectivity index (χ1) is 6.58. The first kappa shape index (κ1) is 9.25. The molecule has 1 aromatic carbocycles. The van der Waals surface area contributed by atoms with E-state index in [1.165, 1.54) is 11.1 Å². The Morgan fingerprint density at radius 3 is 2.71 bits per heavy atom. The van der Waals surface area contributed by atoms with E-state index in [1.54, 1.807) is 0 Å². The second-order valence-corrected chi connectivity index (χ2v) is 4.27. The van der Waals surface area contributed by atoms with Crippen LogP contribution in [0.15, 0.2) is 12.1 Å². The van der Waals surface area contributed by atoms with Crippen LogP contribution in [-0.2, 0) is 11.2 Å². The van der Waals surface area contributed by atoms with Crippen LogP contribution in [-0.4, -0.2) is 5.91 Å². The van der Waals surface area contributed by atoms with Crippen LogP contribution >= 0.6 is 0 Å². The van der Waals surface area contributed by atoms with Crippen LogP contribution in [0.1, 0.15) is 36.5 Å². The molecule has 0 radical (unpaired) electrons. The van der Waals surface area contributed by atoms with Crippen molar-refractivity contribution in [1.29, 1.82) is 0 Å². The average molecular weight is 189 g/mol. The second kappa shape index (κ2) is 3.12. The maximum atomic E-state index is 11.3. The molecule has 0 unspecified atom stereocenters. The molecule has 1 N–H and O–H groups in total. The van der Waals surface area contributed by atoms with E-state index in [4.69, 9.17) is 0 Å². The summed E-state index contributed by atoms with van der Waals surface area (Å²) in [5.74, 6) is 0.578. The zero-order valence-electron chi connectivity index (χ0n) is 8.85. The number of amides is 1. The fourth-order valence-corrected chi connectivity index (χ4v) is 2.00. The smallest absolute Gasteiger partial charge is 0.228 e. The third kappa shape index (κ3) is 1.41. The fraction of sp³-hybridized carbons (Fsp3) is 0.417. The van der Waals surface area contributed by atoms with E-state index < -0.39 is 0 Å². The van der Waals surface area contributed by atoms with Crippen LogP contribution < -0.4 is 5.32 Å². The Bertz CT molecular complexity index is 394. The topological polar surface area (TPSA) is 29.1 Å². The molecule has 1 aliphatic heterocycles. The molecule has 1 aliphatic rings. The molecule has 1 aromatic rings. The van der Waals surface area contributed by atoms with Gasteiger partial charge in [0.25, 0.3) is 0 Å². The van der Waals surface area contributed by atoms with Gasteiger partial charge in [0.2, 0.25) is 5.91 Å². The molecule has 2 nitrogen and oxygen atoms in total. The standard InChI is InChI=1S/C12H15NO/c1-7(2)10-5-8(3)4-9-6-11(14)13-12(9)10/h4-5,7H,6H2,1-3H3,(H,13,14). The Morgan fingerprint density at radius 1 is 1.36 bits per heavy atom. The van der Waals surface area contributed by atoms with Gasteiger partial charge in [-0.15, -0.1) is 0 Å². The van der Waals surface area contributed by atoms with Crippen molar-refractivity contribution in [3.05, 3.63) is 28.8 Å². The Hall–Kier alpha value is -1.31. The highest BCUT2D eigenvalue weighted by Crippen LogP contribution is 2.33. The lowest BCUT2D eigenvalue weighted by atomic mass is 9.96. The molecule has 0 bridgehead atoms. The lowest BCUT2D eigenvalue weighted by molar-refractivity contribution is -0.115. The summed E-state index contributed by atoms with van der Waals surface area (Å²) in [5.41, 5.74) is 4.70. The molecular weight excluding hydrogens is 174 g/mol. The van der Waals surface area contributed by atoms with Gasteiger partial charge in [0.05, 0.1) is 6.42 Å². The molecule has 0 spiro atoms. The molecule has 0 saturated carbocycles. The van der Waals surface area contributed by atoms with Gasteiger partial charge in [0.1, 0.15) is 0 Å². The SMILES string of the molecule is Cc1cc2c(c(C(C)C)c1)NC(=O)C2. The number of nitrogens with one attached hydrogen (secondary N) is 1. The van der Waals surface area contributed by atoms with Crippen LogP contribution in [0.5, 0.6) is 0 Å². The third-order valence-electron chi connectivity index (χ3n) is 2.63. The van der Waals surface area contributed by atoms with Gasteiger partial charge in [-0.3, -0.25) is 4.79 Å². The predicted molar refractivity (Wildman–Crippen MR) is 57.6 cm³/mol. The highest BCUT2D eigenvalue weighted by molar-refractivity contribution is 6.00. The summed E-state index contributed by atoms with van der Waals surface area (Å²) in [4.78, 5) is 11.3. The van der Waals surface area contributed by atoms with Crippen LogP contribution in [0, 0.1) is 6.92 Å². The minimum absolute atomic E-state index is 0.118. The number of hydrogen-bond donors (Lipinski definition) is 1. The van der Waals surface area contributed by atoms with Crippen molar-refractivity contribution in [1.82, 2.24) is 0 Å². The Balaban J connectivity index is 2.57. The number of aryl methyl sites for hydroxylation is 1. The van der Waals surface area contributed by atoms with Gasteiger partial charge in [0.15, 0.2) is 0 Å². The van der Waals surface area contributed by atoms with Crippen molar-refractivity contribution >= 4 is 11.6 Å². The predicted octanol–water partition coefficient (Wildman–Crippen LogP) is 2.61. The van der Waals surface area contributed by atoms with E-state index in [1.807, 2.05) is 0 Å². The lowest BCUT2D eigenvalue weighted by Gasteiger charge is -2.12. The van der Waals surface area contributed by atoms with Gasteiger partial charge < -0.3 is 5.32 Å². The van der Waals surface area contributed by atoms with Crippen LogP contribution in [0.4, 0.5) is 5.69 Å². The quantitative estimate of drug-likeness (QED) is 0.723. The highest BCUT2D eigenvalue weighted by Gasteiger charge is 2.21. The zero-order valence-corrected chi connectivity index (χ0v) is 8.85. The normalized spacial score (nSPS) is 14.4. The molecule has 14 heavy (non-hydrogen) atoms. The van der Waals surface area contributed by atoms with Crippen molar-refractivity contribution in [2.45, 2.75) is 33.1 Å². The van der Waals surface area contributed by atoms with Gasteiger partial charge in [-0.25, -0.2) is 0 Å². The van der Waals surface area contributed by atoms with E-state index >= 15 is 0 Å². The van der Waals surface area contributed by atoms with Gasteiger partial charge in [0, 0.05) is 5.69 Å². The summed E-state index contributed by atoms with van der Waals surface area (Å²) in [5, 5.41) is 2.94. The first-order valence-electron chi connectivity index (χ1n) is 5.01. The molecule has 0 atom stereocenters. The second-order valence-electron chi connectivity index (χ2n) is 4.27. The molecule has 0 saturated heterocycles. The molecule has 74 valence electrons. The largest absolute Gasteiger partial charge is 0.325 e. The molecule has 1 amide bonds. The maximum absolute atomic E-state index is 11.3. The summed E-state index contributed by atoms with van der Waals surface area (Å²) < 4.78 is 0. The van der Waals surface area contributed by atoms with E-state index in [2.05, 4.69) is 38.2 Å². The highest BCUT2D eigenvalue weighted by atomic mass is 16.1.